The molecule has 13 heteroatoms. The van der Waals surface area contributed by atoms with Crippen LogP contribution < -0.4 is 4.74 Å². The van der Waals surface area contributed by atoms with Crippen molar-refractivity contribution in [1.29, 1.82) is 0 Å². The molecule has 0 saturated carbocycles. The number of ether oxygens (including phenoxy) is 2. The third-order valence-corrected chi connectivity index (χ3v) is 5.72. The number of morpholine rings is 1. The molecule has 0 radical (unpaired) electrons. The number of carboxylic acid groups (broad SMARTS) is 1. The first-order valence-corrected chi connectivity index (χ1v) is 10.7. The zero-order valence-corrected chi connectivity index (χ0v) is 18.0. The van der Waals surface area contributed by atoms with Crippen LogP contribution in [0.15, 0.2) is 28.7 Å². The molecular formula is C21H23F3N4O6. The van der Waals surface area contributed by atoms with Gasteiger partial charge in [0.05, 0.1) is 19.1 Å². The van der Waals surface area contributed by atoms with Crippen LogP contribution in [0.2, 0.25) is 0 Å². The Morgan fingerprint density at radius 1 is 1.06 bits per heavy atom. The van der Waals surface area contributed by atoms with Crippen molar-refractivity contribution < 1.29 is 41.8 Å². The number of likely N-dealkylation sites (tertiary alicyclic amines) is 1. The zero-order chi connectivity index (χ0) is 24.3. The summed E-state index contributed by atoms with van der Waals surface area (Å²) >= 11 is 0. The van der Waals surface area contributed by atoms with E-state index in [0.29, 0.717) is 39.3 Å². The highest BCUT2D eigenvalue weighted by Gasteiger charge is 2.37. The molecule has 0 spiro atoms. The average Bonchev–Trinajstić information content (AvgIpc) is 3.26. The van der Waals surface area contributed by atoms with Gasteiger partial charge >= 0.3 is 18.4 Å². The van der Waals surface area contributed by atoms with E-state index in [1.165, 1.54) is 24.3 Å². The molecule has 184 valence electrons. The fourth-order valence-corrected chi connectivity index (χ4v) is 4.20. The van der Waals surface area contributed by atoms with Crippen molar-refractivity contribution in [3.8, 4) is 5.75 Å². The van der Waals surface area contributed by atoms with Gasteiger partial charge in [0.1, 0.15) is 12.2 Å². The Hall–Kier alpha value is -3.35. The van der Waals surface area contributed by atoms with Gasteiger partial charge in [-0.25, -0.2) is 4.79 Å². The maximum atomic E-state index is 13.2. The van der Waals surface area contributed by atoms with Gasteiger partial charge in [-0.2, -0.15) is 0 Å². The minimum absolute atomic E-state index is 0.0377. The van der Waals surface area contributed by atoms with Crippen LogP contribution in [0.4, 0.5) is 18.0 Å². The number of aliphatic carboxylic acids is 1. The summed E-state index contributed by atoms with van der Waals surface area (Å²) in [6.07, 6.45) is -4.72. The van der Waals surface area contributed by atoms with Crippen LogP contribution in [0.1, 0.15) is 35.6 Å². The van der Waals surface area contributed by atoms with E-state index in [0.717, 1.165) is 5.56 Å². The molecule has 1 N–H and O–H groups in total. The highest BCUT2D eigenvalue weighted by molar-refractivity contribution is 5.75. The van der Waals surface area contributed by atoms with E-state index in [9.17, 15) is 22.8 Å². The molecule has 1 aromatic heterocycles. The summed E-state index contributed by atoms with van der Waals surface area (Å²) in [6.45, 7) is 2.43. The highest BCUT2D eigenvalue weighted by Crippen LogP contribution is 2.37. The van der Waals surface area contributed by atoms with Gasteiger partial charge in [-0.05, 0) is 24.1 Å². The molecule has 2 saturated heterocycles. The van der Waals surface area contributed by atoms with Gasteiger partial charge < -0.3 is 28.8 Å². The number of amides is 2. The second-order valence-corrected chi connectivity index (χ2v) is 8.14. The quantitative estimate of drug-likeness (QED) is 0.688. The number of piperidine rings is 1. The molecule has 34 heavy (non-hydrogen) atoms. The van der Waals surface area contributed by atoms with Crippen LogP contribution in [-0.4, -0.2) is 82.9 Å². The summed E-state index contributed by atoms with van der Waals surface area (Å²) < 4.78 is 52.3. The van der Waals surface area contributed by atoms with Crippen LogP contribution in [0.25, 0.3) is 0 Å². The first-order valence-electron chi connectivity index (χ1n) is 10.7. The minimum atomic E-state index is -4.79. The van der Waals surface area contributed by atoms with Gasteiger partial charge in [-0.3, -0.25) is 4.79 Å². The predicted molar refractivity (Wildman–Crippen MR) is 108 cm³/mol. The number of rotatable bonds is 5. The van der Waals surface area contributed by atoms with E-state index in [-0.39, 0.29) is 41.9 Å². The summed E-state index contributed by atoms with van der Waals surface area (Å²) in [5, 5.41) is 16.7. The normalized spacial score (nSPS) is 21.4. The van der Waals surface area contributed by atoms with Crippen LogP contribution in [-0.2, 0) is 16.0 Å². The average molecular weight is 484 g/mol. The number of nitrogens with zero attached hydrogens (tertiary/aromatic N) is 4. The summed E-state index contributed by atoms with van der Waals surface area (Å²) in [7, 11) is 0. The second-order valence-electron chi connectivity index (χ2n) is 8.14. The van der Waals surface area contributed by atoms with Gasteiger partial charge in [0.2, 0.25) is 11.8 Å². The number of urea groups is 1. The minimum Gasteiger partial charge on any atom is -0.481 e. The first-order chi connectivity index (χ1) is 16.2. The summed E-state index contributed by atoms with van der Waals surface area (Å²) in [5.41, 5.74) is 0.726. The second kappa shape index (κ2) is 9.87. The molecule has 2 aliphatic heterocycles. The Balaban J connectivity index is 1.55. The van der Waals surface area contributed by atoms with Crippen molar-refractivity contribution >= 4 is 12.0 Å². The monoisotopic (exact) mass is 484 g/mol. The van der Waals surface area contributed by atoms with E-state index < -0.39 is 18.8 Å². The Morgan fingerprint density at radius 2 is 1.74 bits per heavy atom. The van der Waals surface area contributed by atoms with Gasteiger partial charge in [0.25, 0.3) is 0 Å². The van der Waals surface area contributed by atoms with Crippen molar-refractivity contribution in [3.63, 3.8) is 0 Å². The number of hydrogen-bond donors (Lipinski definition) is 1. The number of carboxylic acids is 1. The van der Waals surface area contributed by atoms with Crippen molar-refractivity contribution in [2.24, 2.45) is 0 Å². The molecule has 10 nitrogen and oxygen atoms in total. The topological polar surface area (TPSA) is 118 Å². The molecule has 2 atom stereocenters. The molecule has 1 aromatic carbocycles. The number of hydrogen-bond acceptors (Lipinski definition) is 7. The van der Waals surface area contributed by atoms with Crippen LogP contribution in [0.3, 0.4) is 0 Å². The lowest BCUT2D eigenvalue weighted by molar-refractivity contribution is -0.274. The number of benzene rings is 1. The largest absolute Gasteiger partial charge is 0.573 e. The summed E-state index contributed by atoms with van der Waals surface area (Å²) in [6, 6.07) is 5.36. The Morgan fingerprint density at radius 3 is 2.38 bits per heavy atom. The lowest BCUT2D eigenvalue weighted by Gasteiger charge is -2.40. The van der Waals surface area contributed by atoms with E-state index in [1.807, 2.05) is 0 Å². The standard InChI is InChI=1S/C21H23F3N4O6/c22-21(23,24)34-16-3-1-13(2-4-16)14-9-15(19-26-25-17(33-19)10-18(29)30)12-28(11-14)20(31)27-5-7-32-8-6-27/h1-4,14-15H,5-12H2,(H,29,30). The highest BCUT2D eigenvalue weighted by atomic mass is 19.4. The van der Waals surface area contributed by atoms with Crippen molar-refractivity contribution in [1.82, 2.24) is 20.0 Å². The number of alkyl halides is 3. The number of aromatic nitrogens is 2. The molecule has 2 unspecified atom stereocenters. The van der Waals surface area contributed by atoms with Crippen molar-refractivity contribution in [2.45, 2.75) is 31.0 Å². The Kier molecular flexibility index (Phi) is 6.91. The fourth-order valence-electron chi connectivity index (χ4n) is 4.20. The maximum Gasteiger partial charge on any atom is 0.573 e. The molecular weight excluding hydrogens is 461 g/mol. The Labute approximate surface area is 192 Å². The lowest BCUT2D eigenvalue weighted by atomic mass is 9.84. The Bertz CT molecular complexity index is 1010. The molecule has 0 bridgehead atoms. The zero-order valence-electron chi connectivity index (χ0n) is 18.0. The number of carbonyl (C=O) groups is 2. The molecule has 4 rings (SSSR count). The van der Waals surface area contributed by atoms with Crippen molar-refractivity contribution in [3.05, 3.63) is 41.6 Å². The molecule has 3 heterocycles. The molecule has 0 aliphatic carbocycles. The van der Waals surface area contributed by atoms with Crippen LogP contribution >= 0.6 is 0 Å². The molecule has 2 fully saturated rings. The van der Waals surface area contributed by atoms with E-state index in [4.69, 9.17) is 14.3 Å². The maximum absolute atomic E-state index is 13.2. The van der Waals surface area contributed by atoms with Gasteiger partial charge in [-0.1, -0.05) is 12.1 Å². The van der Waals surface area contributed by atoms with E-state index in [1.54, 1.807) is 9.80 Å². The number of carbonyl (C=O) groups excluding carboxylic acids is 1. The lowest BCUT2D eigenvalue weighted by Crippen LogP contribution is -2.52. The van der Waals surface area contributed by atoms with Crippen LogP contribution in [0, 0.1) is 0 Å². The predicted octanol–water partition coefficient (Wildman–Crippen LogP) is 2.62. The first kappa shape index (κ1) is 23.8. The molecule has 2 amide bonds. The smallest absolute Gasteiger partial charge is 0.481 e. The third-order valence-electron chi connectivity index (χ3n) is 5.72. The fraction of sp³-hybridized carbons (Fsp3) is 0.524. The molecule has 2 aromatic rings. The van der Waals surface area contributed by atoms with Crippen molar-refractivity contribution in [2.75, 3.05) is 39.4 Å². The number of halogens is 3. The van der Waals surface area contributed by atoms with Gasteiger partial charge in [-0.15, -0.1) is 23.4 Å². The third kappa shape index (κ3) is 5.95. The SMILES string of the molecule is O=C(O)Cc1nnc(C2CC(c3ccc(OC(F)(F)F)cc3)CN(C(=O)N3CCOCC3)C2)o1. The van der Waals surface area contributed by atoms with Gasteiger partial charge in [0.15, 0.2) is 0 Å². The summed E-state index contributed by atoms with van der Waals surface area (Å²) in [4.78, 5) is 27.5. The summed E-state index contributed by atoms with van der Waals surface area (Å²) in [5.74, 6) is -1.85. The van der Waals surface area contributed by atoms with E-state index >= 15 is 0 Å². The van der Waals surface area contributed by atoms with Gasteiger partial charge in [0, 0.05) is 32.1 Å². The van der Waals surface area contributed by atoms with E-state index in [2.05, 4.69) is 14.9 Å². The van der Waals surface area contributed by atoms with Crippen LogP contribution in [0.5, 0.6) is 5.75 Å². The molecule has 2 aliphatic rings.